The lowest BCUT2D eigenvalue weighted by Crippen LogP contribution is -2.05. The quantitative estimate of drug-likeness (QED) is 0.919. The van der Waals surface area contributed by atoms with E-state index in [1.807, 2.05) is 20.8 Å². The molecule has 106 valence electrons. The summed E-state index contributed by atoms with van der Waals surface area (Å²) in [4.78, 5) is 8.30. The number of hydrogen-bond donors (Lipinski definition) is 1. The molecule has 2 aromatic rings. The molecule has 1 heterocycles. The first-order valence-electron chi connectivity index (χ1n) is 6.49. The van der Waals surface area contributed by atoms with Gasteiger partial charge < -0.3 is 10.1 Å². The van der Waals surface area contributed by atoms with Gasteiger partial charge in [0.15, 0.2) is 11.6 Å². The minimum absolute atomic E-state index is 0.154. The summed E-state index contributed by atoms with van der Waals surface area (Å²) < 4.78 is 19.4. The summed E-state index contributed by atoms with van der Waals surface area (Å²) in [6.45, 7) is 5.91. The predicted octanol–water partition coefficient (Wildman–Crippen LogP) is 3.88. The number of rotatable bonds is 4. The van der Waals surface area contributed by atoms with Gasteiger partial charge in [0.2, 0.25) is 5.88 Å². The molecule has 0 amide bonds. The molecule has 20 heavy (non-hydrogen) atoms. The van der Waals surface area contributed by atoms with E-state index >= 15 is 0 Å². The summed E-state index contributed by atoms with van der Waals surface area (Å²) in [5.41, 5.74) is 1.76. The lowest BCUT2D eigenvalue weighted by Gasteiger charge is -2.16. The van der Waals surface area contributed by atoms with Crippen molar-refractivity contribution in [1.82, 2.24) is 9.97 Å². The molecule has 0 radical (unpaired) electrons. The third-order valence-corrected chi connectivity index (χ3v) is 2.95. The highest BCUT2D eigenvalue weighted by Crippen LogP contribution is 2.33. The number of benzene rings is 1. The molecule has 0 saturated carbocycles. The van der Waals surface area contributed by atoms with Gasteiger partial charge >= 0.3 is 0 Å². The van der Waals surface area contributed by atoms with E-state index in [2.05, 4.69) is 15.3 Å². The van der Waals surface area contributed by atoms with Crippen LogP contribution >= 0.6 is 0 Å². The molecule has 0 unspecified atom stereocenters. The van der Waals surface area contributed by atoms with Crippen LogP contribution in [0.4, 0.5) is 10.2 Å². The van der Waals surface area contributed by atoms with Gasteiger partial charge in [-0.3, -0.25) is 0 Å². The normalized spacial score (nSPS) is 10.7. The Hall–Kier alpha value is -2.17. The van der Waals surface area contributed by atoms with Gasteiger partial charge in [-0.25, -0.2) is 14.4 Å². The summed E-state index contributed by atoms with van der Waals surface area (Å²) in [7, 11) is 1.78. The molecule has 0 bridgehead atoms. The second kappa shape index (κ2) is 5.86. The van der Waals surface area contributed by atoms with E-state index in [1.54, 1.807) is 19.2 Å². The number of nitrogens with one attached hydrogen (secondary N) is 1. The van der Waals surface area contributed by atoms with E-state index in [9.17, 15) is 4.39 Å². The van der Waals surface area contributed by atoms with E-state index in [-0.39, 0.29) is 11.7 Å². The highest BCUT2D eigenvalue weighted by Gasteiger charge is 2.17. The molecule has 2 rings (SSSR count). The third-order valence-electron chi connectivity index (χ3n) is 2.95. The molecule has 1 N–H and O–H groups in total. The maximum Gasteiger partial charge on any atom is 0.228 e. The molecule has 0 aliphatic heterocycles. The van der Waals surface area contributed by atoms with Gasteiger partial charge in [-0.2, -0.15) is 0 Å². The molecule has 1 aromatic heterocycles. The summed E-state index contributed by atoms with van der Waals surface area (Å²) >= 11 is 0. The van der Waals surface area contributed by atoms with Gasteiger partial charge in [0.1, 0.15) is 12.1 Å². The first kappa shape index (κ1) is 14.2. The second-order valence-corrected chi connectivity index (χ2v) is 4.88. The van der Waals surface area contributed by atoms with Crippen LogP contribution < -0.4 is 10.1 Å². The van der Waals surface area contributed by atoms with Gasteiger partial charge in [0.05, 0.1) is 5.56 Å². The summed E-state index contributed by atoms with van der Waals surface area (Å²) in [6, 6.07) is 4.74. The van der Waals surface area contributed by atoms with Crippen LogP contribution in [0.3, 0.4) is 0 Å². The number of halogens is 1. The average molecular weight is 275 g/mol. The van der Waals surface area contributed by atoms with E-state index in [0.717, 1.165) is 11.1 Å². The zero-order chi connectivity index (χ0) is 14.7. The van der Waals surface area contributed by atoms with Gasteiger partial charge in [0, 0.05) is 7.05 Å². The van der Waals surface area contributed by atoms with E-state index in [0.29, 0.717) is 11.7 Å². The molecular weight excluding hydrogens is 257 g/mol. The Bertz CT molecular complexity index is 614. The molecule has 0 aliphatic carbocycles. The molecule has 4 nitrogen and oxygen atoms in total. The van der Waals surface area contributed by atoms with Gasteiger partial charge in [0.25, 0.3) is 0 Å². The van der Waals surface area contributed by atoms with Crippen molar-refractivity contribution in [3.63, 3.8) is 0 Å². The van der Waals surface area contributed by atoms with Crippen LogP contribution in [0.2, 0.25) is 0 Å². The van der Waals surface area contributed by atoms with Crippen molar-refractivity contribution in [1.29, 1.82) is 0 Å². The summed E-state index contributed by atoms with van der Waals surface area (Å²) in [6.07, 6.45) is 1.40. The SMILES string of the molecule is CNc1ncnc(Oc2cc(C)ccc2F)c1C(C)C. The number of anilines is 1. The van der Waals surface area contributed by atoms with Crippen LogP contribution in [0.15, 0.2) is 24.5 Å². The zero-order valence-electron chi connectivity index (χ0n) is 12.1. The average Bonchev–Trinajstić information content (AvgIpc) is 2.42. The van der Waals surface area contributed by atoms with Crippen LogP contribution in [0.1, 0.15) is 30.9 Å². The first-order chi connectivity index (χ1) is 9.52. The van der Waals surface area contributed by atoms with Crippen molar-refractivity contribution < 1.29 is 9.13 Å². The lowest BCUT2D eigenvalue weighted by molar-refractivity contribution is 0.419. The fraction of sp³-hybridized carbons (Fsp3) is 0.333. The van der Waals surface area contributed by atoms with Crippen molar-refractivity contribution in [3.05, 3.63) is 41.5 Å². The fourth-order valence-electron chi connectivity index (χ4n) is 1.97. The van der Waals surface area contributed by atoms with E-state index in [1.165, 1.54) is 12.4 Å². The van der Waals surface area contributed by atoms with E-state index in [4.69, 9.17) is 4.74 Å². The molecule has 0 spiro atoms. The number of aryl methyl sites for hydroxylation is 1. The van der Waals surface area contributed by atoms with Crippen molar-refractivity contribution >= 4 is 5.82 Å². The highest BCUT2D eigenvalue weighted by atomic mass is 19.1. The molecule has 0 aliphatic rings. The maximum atomic E-state index is 13.8. The summed E-state index contributed by atoms with van der Waals surface area (Å²) in [5, 5.41) is 3.00. The van der Waals surface area contributed by atoms with Gasteiger partial charge in [-0.1, -0.05) is 19.9 Å². The number of aromatic nitrogens is 2. The third kappa shape index (κ3) is 2.87. The summed E-state index contributed by atoms with van der Waals surface area (Å²) in [5.74, 6) is 0.992. The predicted molar refractivity (Wildman–Crippen MR) is 76.9 cm³/mol. The molecule has 5 heteroatoms. The number of nitrogens with zero attached hydrogens (tertiary/aromatic N) is 2. The Morgan fingerprint density at radius 2 is 2.00 bits per heavy atom. The molecule has 0 fully saturated rings. The highest BCUT2D eigenvalue weighted by molar-refractivity contribution is 5.51. The van der Waals surface area contributed by atoms with Crippen LogP contribution in [0.5, 0.6) is 11.6 Å². The number of hydrogen-bond acceptors (Lipinski definition) is 4. The minimum atomic E-state index is -0.407. The van der Waals surface area contributed by atoms with Crippen LogP contribution in [0, 0.1) is 12.7 Å². The molecular formula is C15H18FN3O. The Morgan fingerprint density at radius 3 is 2.65 bits per heavy atom. The van der Waals surface area contributed by atoms with Crippen molar-refractivity contribution in [2.24, 2.45) is 0 Å². The standard InChI is InChI=1S/C15H18FN3O/c1-9(2)13-14(17-4)18-8-19-15(13)20-12-7-10(3)5-6-11(12)16/h5-9H,1-4H3,(H,17,18,19). The fourth-order valence-corrected chi connectivity index (χ4v) is 1.97. The smallest absolute Gasteiger partial charge is 0.228 e. The van der Waals surface area contributed by atoms with Gasteiger partial charge in [-0.05, 0) is 30.5 Å². The van der Waals surface area contributed by atoms with Crippen molar-refractivity contribution in [2.75, 3.05) is 12.4 Å². The van der Waals surface area contributed by atoms with Crippen molar-refractivity contribution in [3.8, 4) is 11.6 Å². The Balaban J connectivity index is 2.45. The molecule has 1 aromatic carbocycles. The number of ether oxygens (including phenoxy) is 1. The largest absolute Gasteiger partial charge is 0.435 e. The molecule has 0 saturated heterocycles. The van der Waals surface area contributed by atoms with Gasteiger partial charge in [-0.15, -0.1) is 0 Å². The Labute approximate surface area is 118 Å². The van der Waals surface area contributed by atoms with Crippen LogP contribution in [-0.4, -0.2) is 17.0 Å². The van der Waals surface area contributed by atoms with Crippen LogP contribution in [0.25, 0.3) is 0 Å². The topological polar surface area (TPSA) is 47.0 Å². The first-order valence-corrected chi connectivity index (χ1v) is 6.49. The molecule has 0 atom stereocenters. The van der Waals surface area contributed by atoms with Crippen molar-refractivity contribution in [2.45, 2.75) is 26.7 Å². The Kier molecular flexibility index (Phi) is 4.17. The maximum absolute atomic E-state index is 13.8. The Morgan fingerprint density at radius 1 is 1.25 bits per heavy atom. The lowest BCUT2D eigenvalue weighted by atomic mass is 10.1. The van der Waals surface area contributed by atoms with Crippen LogP contribution in [-0.2, 0) is 0 Å². The van der Waals surface area contributed by atoms with E-state index < -0.39 is 5.82 Å². The minimum Gasteiger partial charge on any atom is -0.435 e. The monoisotopic (exact) mass is 275 g/mol. The zero-order valence-corrected chi connectivity index (χ0v) is 12.1. The second-order valence-electron chi connectivity index (χ2n) is 4.88.